The fourth-order valence-electron chi connectivity index (χ4n) is 1.60. The van der Waals surface area contributed by atoms with E-state index in [0.717, 1.165) is 6.92 Å². The maximum absolute atomic E-state index is 14.1. The number of alkyl halides is 6. The van der Waals surface area contributed by atoms with E-state index in [1.165, 1.54) is 0 Å². The molecule has 1 heterocycles. The van der Waals surface area contributed by atoms with Gasteiger partial charge in [0.1, 0.15) is 5.82 Å². The molecule has 0 radical (unpaired) electrons. The largest absolute Gasteiger partial charge is 0.250 e. The highest BCUT2D eigenvalue weighted by Gasteiger charge is 2.34. The Morgan fingerprint density at radius 3 is 1.67 bits per heavy atom. The van der Waals surface area contributed by atoms with Crippen LogP contribution in [0.5, 0.6) is 0 Å². The fraction of sp³-hybridized carbons (Fsp3) is 0.250. The van der Waals surface area contributed by atoms with Gasteiger partial charge in [-0.1, -0.05) is 69.6 Å². The number of aromatic nitrogens is 3. The summed E-state index contributed by atoms with van der Waals surface area (Å²) in [4.78, 5) is 11.1. The molecule has 0 amide bonds. The van der Waals surface area contributed by atoms with Crippen LogP contribution >= 0.6 is 69.6 Å². The Morgan fingerprint density at radius 1 is 0.792 bits per heavy atom. The first-order valence-electron chi connectivity index (χ1n) is 5.87. The van der Waals surface area contributed by atoms with Crippen LogP contribution in [0, 0.1) is 24.4 Å². The maximum atomic E-state index is 14.1. The van der Waals surface area contributed by atoms with Crippen molar-refractivity contribution in [3.05, 3.63) is 40.7 Å². The van der Waals surface area contributed by atoms with Gasteiger partial charge in [0.25, 0.3) is 0 Å². The molecule has 0 atom stereocenters. The summed E-state index contributed by atoms with van der Waals surface area (Å²) < 4.78 is 37.3. The molecule has 2 aromatic rings. The average molecular weight is 460 g/mol. The van der Waals surface area contributed by atoms with Gasteiger partial charge in [-0.15, -0.1) is 0 Å². The Morgan fingerprint density at radius 2 is 1.25 bits per heavy atom. The normalized spacial score (nSPS) is 12.6. The van der Waals surface area contributed by atoms with Crippen molar-refractivity contribution in [2.75, 3.05) is 0 Å². The lowest BCUT2D eigenvalue weighted by molar-refractivity contribution is 0.488. The van der Waals surface area contributed by atoms with Crippen LogP contribution in [0.3, 0.4) is 0 Å². The Balaban J connectivity index is 2.80. The third kappa shape index (κ3) is 4.11. The van der Waals surface area contributed by atoms with Crippen LogP contribution in [0.2, 0.25) is 0 Å². The number of hydrogen-bond donors (Lipinski definition) is 0. The first-order valence-corrected chi connectivity index (χ1v) is 8.14. The third-order valence-corrected chi connectivity index (χ3v) is 3.79. The van der Waals surface area contributed by atoms with E-state index in [9.17, 15) is 13.2 Å². The summed E-state index contributed by atoms with van der Waals surface area (Å²) in [5, 5.41) is 0. The SMILES string of the molecule is Cc1c(F)cc(-c2nc(C(Cl)(Cl)Cl)nc(C(Cl)(Cl)Cl)n2)c(F)c1F. The lowest BCUT2D eigenvalue weighted by Crippen LogP contribution is -2.17. The van der Waals surface area contributed by atoms with E-state index in [-0.39, 0.29) is 0 Å². The second-order valence-corrected chi connectivity index (χ2v) is 9.02. The zero-order valence-corrected chi connectivity index (χ0v) is 15.9. The van der Waals surface area contributed by atoms with Gasteiger partial charge in [0.15, 0.2) is 29.1 Å². The standard InChI is InChI=1S/C12H4Cl6F3N3/c1-3-5(19)2-4(7(21)6(3)20)8-22-9(11(13,14)15)24-10(23-8)12(16,17)18/h2H,1H3. The molecule has 24 heavy (non-hydrogen) atoms. The molecule has 0 bridgehead atoms. The fourth-order valence-corrected chi connectivity index (χ4v) is 2.11. The van der Waals surface area contributed by atoms with E-state index < -0.39 is 53.6 Å². The predicted molar refractivity (Wildman–Crippen MR) is 88.3 cm³/mol. The van der Waals surface area contributed by atoms with Gasteiger partial charge in [-0.2, -0.15) is 0 Å². The van der Waals surface area contributed by atoms with Crippen LogP contribution < -0.4 is 0 Å². The molecule has 3 nitrogen and oxygen atoms in total. The molecular formula is C12H4Cl6F3N3. The van der Waals surface area contributed by atoms with Gasteiger partial charge in [0.05, 0.1) is 5.56 Å². The minimum absolute atomic E-state index is 0.514. The van der Waals surface area contributed by atoms with Gasteiger partial charge in [0.2, 0.25) is 7.59 Å². The molecule has 0 fully saturated rings. The first-order chi connectivity index (χ1) is 10.8. The Hall–Kier alpha value is -0.240. The van der Waals surface area contributed by atoms with E-state index in [4.69, 9.17) is 69.6 Å². The Kier molecular flexibility index (Phi) is 5.70. The first kappa shape index (κ1) is 20.1. The third-order valence-electron chi connectivity index (χ3n) is 2.77. The number of nitrogens with zero attached hydrogens (tertiary/aromatic N) is 3. The Bertz CT molecular complexity index is 772. The summed E-state index contributed by atoms with van der Waals surface area (Å²) in [6.07, 6.45) is 0. The highest BCUT2D eigenvalue weighted by atomic mass is 35.6. The summed E-state index contributed by atoms with van der Waals surface area (Å²) in [6, 6.07) is 0.674. The topological polar surface area (TPSA) is 38.7 Å². The number of benzene rings is 1. The molecule has 0 aliphatic carbocycles. The quantitative estimate of drug-likeness (QED) is 0.392. The van der Waals surface area contributed by atoms with E-state index in [2.05, 4.69) is 15.0 Å². The molecular weight excluding hydrogens is 456 g/mol. The lowest BCUT2D eigenvalue weighted by atomic mass is 10.1. The highest BCUT2D eigenvalue weighted by Crippen LogP contribution is 2.41. The zero-order valence-electron chi connectivity index (χ0n) is 11.3. The molecule has 0 saturated carbocycles. The van der Waals surface area contributed by atoms with E-state index in [1.54, 1.807) is 0 Å². The van der Waals surface area contributed by atoms with E-state index in [0.29, 0.717) is 6.07 Å². The average Bonchev–Trinajstić information content (AvgIpc) is 2.46. The molecule has 0 aliphatic heterocycles. The minimum Gasteiger partial charge on any atom is -0.209 e. The van der Waals surface area contributed by atoms with Crippen molar-refractivity contribution in [2.24, 2.45) is 0 Å². The van der Waals surface area contributed by atoms with Crippen LogP contribution in [-0.4, -0.2) is 15.0 Å². The van der Waals surface area contributed by atoms with Gasteiger partial charge < -0.3 is 0 Å². The second kappa shape index (κ2) is 6.82. The highest BCUT2D eigenvalue weighted by molar-refractivity contribution is 6.67. The van der Waals surface area contributed by atoms with Crippen LogP contribution in [0.15, 0.2) is 6.07 Å². The van der Waals surface area contributed by atoms with Gasteiger partial charge in [-0.25, -0.2) is 28.1 Å². The van der Waals surface area contributed by atoms with Crippen LogP contribution in [0.25, 0.3) is 11.4 Å². The summed E-state index contributed by atoms with van der Waals surface area (Å²) in [6.45, 7) is 1.06. The predicted octanol–water partition coefficient (Wildman–Crippen LogP) is 5.92. The molecule has 1 aromatic carbocycles. The molecule has 130 valence electrons. The molecule has 12 heteroatoms. The van der Waals surface area contributed by atoms with Crippen molar-refractivity contribution in [2.45, 2.75) is 14.5 Å². The second-order valence-electron chi connectivity index (χ2n) is 4.46. The van der Waals surface area contributed by atoms with Crippen LogP contribution in [0.4, 0.5) is 13.2 Å². The molecule has 0 N–H and O–H groups in total. The van der Waals surface area contributed by atoms with Gasteiger partial charge in [-0.3, -0.25) is 0 Å². The monoisotopic (exact) mass is 457 g/mol. The molecule has 0 aliphatic rings. The van der Waals surface area contributed by atoms with E-state index in [1.807, 2.05) is 0 Å². The molecule has 0 saturated heterocycles. The molecule has 0 spiro atoms. The smallest absolute Gasteiger partial charge is 0.209 e. The van der Waals surface area contributed by atoms with Crippen molar-refractivity contribution < 1.29 is 13.2 Å². The summed E-state index contributed by atoms with van der Waals surface area (Å²) in [7, 11) is 0. The summed E-state index contributed by atoms with van der Waals surface area (Å²) in [5.74, 6) is -5.46. The van der Waals surface area contributed by atoms with Crippen LogP contribution in [-0.2, 0) is 7.59 Å². The number of rotatable bonds is 1. The van der Waals surface area contributed by atoms with E-state index >= 15 is 0 Å². The van der Waals surface area contributed by atoms with Gasteiger partial charge in [0, 0.05) is 5.56 Å². The van der Waals surface area contributed by atoms with Crippen molar-refractivity contribution in [3.63, 3.8) is 0 Å². The Labute approximate surface area is 164 Å². The van der Waals surface area contributed by atoms with Crippen LogP contribution in [0.1, 0.15) is 17.2 Å². The molecule has 1 aromatic heterocycles. The van der Waals surface area contributed by atoms with Crippen molar-refractivity contribution in [3.8, 4) is 11.4 Å². The van der Waals surface area contributed by atoms with Gasteiger partial charge >= 0.3 is 0 Å². The molecule has 2 rings (SSSR count). The minimum atomic E-state index is -2.18. The summed E-state index contributed by atoms with van der Waals surface area (Å²) in [5.41, 5.74) is -1.17. The van der Waals surface area contributed by atoms with Crippen molar-refractivity contribution >= 4 is 69.6 Å². The number of hydrogen-bond acceptors (Lipinski definition) is 3. The number of halogens is 9. The maximum Gasteiger partial charge on any atom is 0.250 e. The van der Waals surface area contributed by atoms with Crippen molar-refractivity contribution in [1.29, 1.82) is 0 Å². The van der Waals surface area contributed by atoms with Gasteiger partial charge in [-0.05, 0) is 13.0 Å². The zero-order chi connectivity index (χ0) is 18.4. The summed E-state index contributed by atoms with van der Waals surface area (Å²) >= 11 is 34.0. The van der Waals surface area contributed by atoms with Crippen molar-refractivity contribution in [1.82, 2.24) is 15.0 Å². The molecule has 0 unspecified atom stereocenters. The lowest BCUT2D eigenvalue weighted by Gasteiger charge is -2.16.